The molecular weight excluding hydrogens is 248 g/mol. The maximum Gasteiger partial charge on any atom is 0.170 e. The number of phenolic OH excluding ortho intramolecular Hbond substituents is 1. The number of rotatable bonds is 3. The Morgan fingerprint density at radius 3 is 1.90 bits per heavy atom. The topological polar surface area (TPSA) is 37.3 Å². The van der Waals surface area contributed by atoms with Crippen LogP contribution in [0.1, 0.15) is 43.6 Å². The van der Waals surface area contributed by atoms with Gasteiger partial charge in [0.2, 0.25) is 0 Å². The molecule has 0 fully saturated rings. The van der Waals surface area contributed by atoms with Crippen LogP contribution in [0.4, 0.5) is 0 Å². The molecular formula is C18H24O2. The molecule has 2 heteroatoms. The van der Waals surface area contributed by atoms with E-state index in [0.717, 1.165) is 5.56 Å². The number of para-hydroxylation sites is 1. The van der Waals surface area contributed by atoms with E-state index in [-0.39, 0.29) is 11.5 Å². The molecule has 0 aliphatic rings. The first-order valence-electron chi connectivity index (χ1n) is 7.12. The fourth-order valence-corrected chi connectivity index (χ4v) is 1.59. The van der Waals surface area contributed by atoms with Crippen molar-refractivity contribution in [2.75, 3.05) is 0 Å². The van der Waals surface area contributed by atoms with Crippen molar-refractivity contribution < 1.29 is 9.90 Å². The van der Waals surface area contributed by atoms with Crippen molar-refractivity contribution in [1.29, 1.82) is 0 Å². The second-order valence-electron chi connectivity index (χ2n) is 3.60. The van der Waals surface area contributed by atoms with Crippen LogP contribution >= 0.6 is 0 Å². The summed E-state index contributed by atoms with van der Waals surface area (Å²) >= 11 is 0. The highest BCUT2D eigenvalue weighted by Gasteiger charge is 2.10. The molecule has 108 valence electrons. The Balaban J connectivity index is 0.000000829. The highest BCUT2D eigenvalue weighted by Crippen LogP contribution is 2.17. The van der Waals surface area contributed by atoms with Crippen molar-refractivity contribution >= 4 is 5.78 Å². The standard InChI is InChI=1S/C14H12O2.2C2H6/c15-13-9-5-4-8-12(13)14(16)10-11-6-2-1-3-7-11;2*1-2/h1-9,15H,10H2;2*1-2H3. The van der Waals surface area contributed by atoms with Crippen LogP contribution in [0, 0.1) is 0 Å². The van der Waals surface area contributed by atoms with Crippen LogP contribution in [0.3, 0.4) is 0 Å². The Hall–Kier alpha value is -2.09. The Labute approximate surface area is 122 Å². The molecule has 20 heavy (non-hydrogen) atoms. The molecule has 0 amide bonds. The molecule has 0 aliphatic heterocycles. The molecule has 2 nitrogen and oxygen atoms in total. The molecule has 0 atom stereocenters. The second-order valence-corrected chi connectivity index (χ2v) is 3.60. The summed E-state index contributed by atoms with van der Waals surface area (Å²) in [5.74, 6) is -0.0206. The van der Waals surface area contributed by atoms with Gasteiger partial charge >= 0.3 is 0 Å². The number of phenols is 1. The summed E-state index contributed by atoms with van der Waals surface area (Å²) in [7, 11) is 0. The average Bonchev–Trinajstić information content (AvgIpc) is 2.52. The van der Waals surface area contributed by atoms with Gasteiger partial charge in [-0.15, -0.1) is 0 Å². The third-order valence-electron chi connectivity index (χ3n) is 2.41. The van der Waals surface area contributed by atoms with E-state index in [1.54, 1.807) is 18.2 Å². The third kappa shape index (κ3) is 5.70. The van der Waals surface area contributed by atoms with Gasteiger partial charge in [-0.05, 0) is 17.7 Å². The number of carbonyl (C=O) groups excluding carboxylic acids is 1. The van der Waals surface area contributed by atoms with Crippen molar-refractivity contribution in [3.63, 3.8) is 0 Å². The minimum absolute atomic E-state index is 0.0448. The highest BCUT2D eigenvalue weighted by molar-refractivity contribution is 5.99. The van der Waals surface area contributed by atoms with Gasteiger partial charge in [0.05, 0.1) is 5.56 Å². The molecule has 2 rings (SSSR count). The Morgan fingerprint density at radius 2 is 1.35 bits per heavy atom. The van der Waals surface area contributed by atoms with Gasteiger partial charge in [0, 0.05) is 6.42 Å². The van der Waals surface area contributed by atoms with E-state index < -0.39 is 0 Å². The molecule has 0 saturated heterocycles. The van der Waals surface area contributed by atoms with E-state index in [4.69, 9.17) is 0 Å². The summed E-state index contributed by atoms with van der Waals surface area (Å²) in [6, 6.07) is 16.1. The second kappa shape index (κ2) is 10.8. The first-order valence-corrected chi connectivity index (χ1v) is 7.12. The summed E-state index contributed by atoms with van der Waals surface area (Å²) in [4.78, 5) is 11.9. The van der Waals surface area contributed by atoms with Gasteiger partial charge in [-0.1, -0.05) is 70.2 Å². The molecule has 2 aromatic carbocycles. The van der Waals surface area contributed by atoms with Crippen molar-refractivity contribution in [1.82, 2.24) is 0 Å². The lowest BCUT2D eigenvalue weighted by Crippen LogP contribution is -2.03. The predicted molar refractivity (Wildman–Crippen MR) is 85.3 cm³/mol. The number of hydrogen-bond acceptors (Lipinski definition) is 2. The fraction of sp³-hybridized carbons (Fsp3) is 0.278. The van der Waals surface area contributed by atoms with Gasteiger partial charge in [0.1, 0.15) is 5.75 Å². The van der Waals surface area contributed by atoms with Gasteiger partial charge < -0.3 is 5.11 Å². The first-order chi connectivity index (χ1) is 9.77. The zero-order valence-electron chi connectivity index (χ0n) is 12.8. The maximum absolute atomic E-state index is 11.9. The van der Waals surface area contributed by atoms with Crippen LogP contribution in [0.2, 0.25) is 0 Å². The van der Waals surface area contributed by atoms with Crippen LogP contribution in [0.15, 0.2) is 54.6 Å². The number of benzene rings is 2. The van der Waals surface area contributed by atoms with Crippen molar-refractivity contribution in [2.24, 2.45) is 0 Å². The van der Waals surface area contributed by atoms with E-state index in [1.807, 2.05) is 58.0 Å². The summed E-state index contributed by atoms with van der Waals surface area (Å²) < 4.78 is 0. The molecule has 2 aromatic rings. The number of aromatic hydroxyl groups is 1. The van der Waals surface area contributed by atoms with Crippen molar-refractivity contribution in [3.05, 3.63) is 65.7 Å². The molecule has 0 aromatic heterocycles. The fourth-order valence-electron chi connectivity index (χ4n) is 1.59. The Morgan fingerprint density at radius 1 is 0.850 bits per heavy atom. The SMILES string of the molecule is CC.CC.O=C(Cc1ccccc1)c1ccccc1O. The van der Waals surface area contributed by atoms with Gasteiger partial charge in [-0.2, -0.15) is 0 Å². The number of carbonyl (C=O) groups is 1. The van der Waals surface area contributed by atoms with E-state index in [0.29, 0.717) is 12.0 Å². The minimum Gasteiger partial charge on any atom is -0.507 e. The van der Waals surface area contributed by atoms with Gasteiger partial charge in [0.15, 0.2) is 5.78 Å². The maximum atomic E-state index is 11.9. The summed E-state index contributed by atoms with van der Waals surface area (Å²) in [5, 5.41) is 9.54. The van der Waals surface area contributed by atoms with Crippen molar-refractivity contribution in [2.45, 2.75) is 34.1 Å². The molecule has 0 unspecified atom stereocenters. The third-order valence-corrected chi connectivity index (χ3v) is 2.41. The van der Waals surface area contributed by atoms with Crippen LogP contribution in [0.5, 0.6) is 5.75 Å². The number of hydrogen-bond donors (Lipinski definition) is 1. The molecule has 1 N–H and O–H groups in total. The lowest BCUT2D eigenvalue weighted by molar-refractivity contribution is 0.0990. The molecule has 0 radical (unpaired) electrons. The van der Waals surface area contributed by atoms with E-state index in [9.17, 15) is 9.90 Å². The lowest BCUT2D eigenvalue weighted by atomic mass is 10.0. The normalized spacial score (nSPS) is 8.60. The largest absolute Gasteiger partial charge is 0.507 e. The summed E-state index contributed by atoms with van der Waals surface area (Å²) in [6.45, 7) is 8.00. The molecule has 0 spiro atoms. The molecule has 0 saturated carbocycles. The minimum atomic E-state index is -0.0655. The van der Waals surface area contributed by atoms with Gasteiger partial charge in [0.25, 0.3) is 0 Å². The van der Waals surface area contributed by atoms with Crippen molar-refractivity contribution in [3.8, 4) is 5.75 Å². The summed E-state index contributed by atoms with van der Waals surface area (Å²) in [5.41, 5.74) is 1.34. The molecule has 0 aliphatic carbocycles. The smallest absolute Gasteiger partial charge is 0.170 e. The van der Waals surface area contributed by atoms with E-state index >= 15 is 0 Å². The zero-order valence-corrected chi connectivity index (χ0v) is 12.8. The predicted octanol–water partition coefficient (Wildman–Crippen LogP) is 4.87. The first kappa shape index (κ1) is 17.9. The molecule has 0 heterocycles. The lowest BCUT2D eigenvalue weighted by Gasteiger charge is -2.03. The van der Waals surface area contributed by atoms with Crippen LogP contribution in [-0.2, 0) is 6.42 Å². The molecule has 0 bridgehead atoms. The van der Waals surface area contributed by atoms with Crippen LogP contribution in [0.25, 0.3) is 0 Å². The summed E-state index contributed by atoms with van der Waals surface area (Å²) in [6.07, 6.45) is 0.318. The highest BCUT2D eigenvalue weighted by atomic mass is 16.3. The Kier molecular flexibility index (Phi) is 9.67. The number of ketones is 1. The van der Waals surface area contributed by atoms with Crippen LogP contribution < -0.4 is 0 Å². The quantitative estimate of drug-likeness (QED) is 0.809. The van der Waals surface area contributed by atoms with E-state index in [1.165, 1.54) is 6.07 Å². The Bertz CT molecular complexity index is 490. The monoisotopic (exact) mass is 272 g/mol. The number of Topliss-reactive ketones (excluding diaryl/α,β-unsaturated/α-hetero) is 1. The van der Waals surface area contributed by atoms with Gasteiger partial charge in [-0.3, -0.25) is 4.79 Å². The zero-order chi connectivity index (χ0) is 15.4. The van der Waals surface area contributed by atoms with E-state index in [2.05, 4.69) is 0 Å². The van der Waals surface area contributed by atoms with Crippen LogP contribution in [-0.4, -0.2) is 10.9 Å². The van der Waals surface area contributed by atoms with Gasteiger partial charge in [-0.25, -0.2) is 0 Å². The average molecular weight is 272 g/mol.